The average molecular weight is 408 g/mol. The molecule has 6 nitrogen and oxygen atoms in total. The number of nitrogens with zero attached hydrogens (tertiary/aromatic N) is 2. The van der Waals surface area contributed by atoms with E-state index in [1.165, 1.54) is 18.3 Å². The standard InChI is InChI=1S/C13H11BrN4S.C3H7NO/c1-16-13-17-11(7-3-2-4-8(14)5-7)10-9(15)6-19-12(10)18-13;1-3(5)4-2/h2-6H,15H2,1H3,(H,16,17,18);1-2H3,(H,4,5). The summed E-state index contributed by atoms with van der Waals surface area (Å²) in [6.45, 7) is 1.47. The number of rotatable bonds is 2. The van der Waals surface area contributed by atoms with Crippen molar-refractivity contribution in [3.8, 4) is 11.3 Å². The zero-order chi connectivity index (χ0) is 17.7. The molecule has 0 saturated carbocycles. The van der Waals surface area contributed by atoms with Gasteiger partial charge in [-0.2, -0.15) is 0 Å². The highest BCUT2D eigenvalue weighted by Gasteiger charge is 2.13. The fourth-order valence-electron chi connectivity index (χ4n) is 1.92. The van der Waals surface area contributed by atoms with Crippen LogP contribution in [0.2, 0.25) is 0 Å². The number of benzene rings is 1. The topological polar surface area (TPSA) is 92.9 Å². The van der Waals surface area contributed by atoms with Crippen LogP contribution in [-0.2, 0) is 4.79 Å². The molecule has 0 bridgehead atoms. The molecule has 0 spiro atoms. The van der Waals surface area contributed by atoms with E-state index in [9.17, 15) is 4.79 Å². The number of hydrogen-bond donors (Lipinski definition) is 3. The number of thiophene rings is 1. The summed E-state index contributed by atoms with van der Waals surface area (Å²) in [6, 6.07) is 8.01. The van der Waals surface area contributed by atoms with E-state index in [4.69, 9.17) is 5.73 Å². The number of hydrogen-bond acceptors (Lipinski definition) is 6. The van der Waals surface area contributed by atoms with Gasteiger partial charge in [0, 0.05) is 36.4 Å². The minimum atomic E-state index is 0.00463. The molecule has 0 radical (unpaired) electrons. The zero-order valence-corrected chi connectivity index (χ0v) is 16.0. The van der Waals surface area contributed by atoms with Crippen molar-refractivity contribution in [2.45, 2.75) is 6.92 Å². The molecule has 0 aliphatic heterocycles. The predicted molar refractivity (Wildman–Crippen MR) is 104 cm³/mol. The maximum atomic E-state index is 9.70. The number of amides is 1. The molecule has 3 aromatic rings. The van der Waals surface area contributed by atoms with Gasteiger partial charge in [0.1, 0.15) is 4.83 Å². The van der Waals surface area contributed by atoms with E-state index in [1.54, 1.807) is 7.05 Å². The minimum Gasteiger partial charge on any atom is -0.397 e. The van der Waals surface area contributed by atoms with E-state index in [1.807, 2.05) is 36.7 Å². The van der Waals surface area contributed by atoms with Gasteiger partial charge in [0.2, 0.25) is 11.9 Å². The summed E-state index contributed by atoms with van der Waals surface area (Å²) in [5.41, 5.74) is 8.64. The molecule has 3 rings (SSSR count). The second-order valence-corrected chi connectivity index (χ2v) is 6.61. The first kappa shape index (κ1) is 18.2. The maximum Gasteiger partial charge on any atom is 0.224 e. The monoisotopic (exact) mass is 407 g/mol. The van der Waals surface area contributed by atoms with E-state index < -0.39 is 0 Å². The number of anilines is 2. The Kier molecular flexibility index (Phi) is 6.10. The van der Waals surface area contributed by atoms with Crippen LogP contribution in [-0.4, -0.2) is 30.0 Å². The SMILES string of the molecule is CNC(C)=O.CNc1nc(-c2cccc(Br)c2)c2c(N)csc2n1. The average Bonchev–Trinajstić information content (AvgIpc) is 2.95. The molecular weight excluding hydrogens is 390 g/mol. The van der Waals surface area contributed by atoms with E-state index in [2.05, 4.69) is 36.5 Å². The van der Waals surface area contributed by atoms with Gasteiger partial charge in [0.25, 0.3) is 0 Å². The molecule has 1 amide bonds. The lowest BCUT2D eigenvalue weighted by Crippen LogP contribution is -2.11. The minimum absolute atomic E-state index is 0.00463. The van der Waals surface area contributed by atoms with Gasteiger partial charge < -0.3 is 16.4 Å². The van der Waals surface area contributed by atoms with Crippen LogP contribution in [0.1, 0.15) is 6.92 Å². The number of aromatic nitrogens is 2. The fraction of sp³-hybridized carbons (Fsp3) is 0.188. The first-order chi connectivity index (χ1) is 11.5. The van der Waals surface area contributed by atoms with Crippen molar-refractivity contribution in [1.82, 2.24) is 15.3 Å². The number of nitrogens with two attached hydrogens (primary N) is 1. The summed E-state index contributed by atoms with van der Waals surface area (Å²) in [6.07, 6.45) is 0. The fourth-order valence-corrected chi connectivity index (χ4v) is 3.15. The van der Waals surface area contributed by atoms with Crippen molar-refractivity contribution in [2.75, 3.05) is 25.1 Å². The molecule has 24 heavy (non-hydrogen) atoms. The van der Waals surface area contributed by atoms with E-state index >= 15 is 0 Å². The first-order valence-corrected chi connectivity index (χ1v) is 8.80. The number of carbonyl (C=O) groups excluding carboxylic acids is 1. The van der Waals surface area contributed by atoms with Crippen LogP contribution in [0.4, 0.5) is 11.6 Å². The van der Waals surface area contributed by atoms with Gasteiger partial charge in [0.05, 0.1) is 16.8 Å². The third-order valence-corrected chi connectivity index (χ3v) is 4.52. The second kappa shape index (κ2) is 8.07. The van der Waals surface area contributed by atoms with Crippen molar-refractivity contribution in [2.24, 2.45) is 0 Å². The molecule has 0 unspecified atom stereocenters. The second-order valence-electron chi connectivity index (χ2n) is 4.83. The number of carbonyl (C=O) groups is 1. The molecule has 0 atom stereocenters. The molecule has 8 heteroatoms. The summed E-state index contributed by atoms with van der Waals surface area (Å²) in [7, 11) is 3.41. The van der Waals surface area contributed by atoms with Crippen LogP contribution in [0.15, 0.2) is 34.1 Å². The van der Waals surface area contributed by atoms with Crippen LogP contribution in [0.3, 0.4) is 0 Å². The molecule has 2 aromatic heterocycles. The highest BCUT2D eigenvalue weighted by molar-refractivity contribution is 9.10. The Morgan fingerprint density at radius 1 is 1.29 bits per heavy atom. The van der Waals surface area contributed by atoms with Crippen LogP contribution in [0.5, 0.6) is 0 Å². The third-order valence-electron chi connectivity index (χ3n) is 3.14. The van der Waals surface area contributed by atoms with Crippen LogP contribution in [0.25, 0.3) is 21.5 Å². The molecule has 126 valence electrons. The molecule has 0 fully saturated rings. The smallest absolute Gasteiger partial charge is 0.224 e. The molecule has 4 N–H and O–H groups in total. The normalized spacial score (nSPS) is 10.0. The Bertz CT molecular complexity index is 865. The van der Waals surface area contributed by atoms with Crippen molar-refractivity contribution in [3.63, 3.8) is 0 Å². The maximum absolute atomic E-state index is 9.70. The highest BCUT2D eigenvalue weighted by atomic mass is 79.9. The molecule has 0 aliphatic rings. The summed E-state index contributed by atoms with van der Waals surface area (Å²) in [4.78, 5) is 19.6. The highest BCUT2D eigenvalue weighted by Crippen LogP contribution is 2.35. The van der Waals surface area contributed by atoms with Gasteiger partial charge in [-0.25, -0.2) is 9.97 Å². The van der Waals surface area contributed by atoms with Gasteiger partial charge in [-0.05, 0) is 12.1 Å². The van der Waals surface area contributed by atoms with E-state index in [0.29, 0.717) is 5.95 Å². The molecule has 2 heterocycles. The van der Waals surface area contributed by atoms with E-state index in [0.717, 1.165) is 31.6 Å². The Hall–Kier alpha value is -2.19. The van der Waals surface area contributed by atoms with E-state index in [-0.39, 0.29) is 5.91 Å². The number of nitrogens with one attached hydrogen (secondary N) is 2. The summed E-state index contributed by atoms with van der Waals surface area (Å²) in [5.74, 6) is 0.606. The Morgan fingerprint density at radius 3 is 2.58 bits per heavy atom. The lowest BCUT2D eigenvalue weighted by molar-refractivity contribution is -0.118. The summed E-state index contributed by atoms with van der Waals surface area (Å²) >= 11 is 5.01. The van der Waals surface area contributed by atoms with Crippen molar-refractivity contribution in [3.05, 3.63) is 34.1 Å². The van der Waals surface area contributed by atoms with Crippen LogP contribution < -0.4 is 16.4 Å². The van der Waals surface area contributed by atoms with Crippen molar-refractivity contribution >= 4 is 55.0 Å². The summed E-state index contributed by atoms with van der Waals surface area (Å²) in [5, 5.41) is 8.20. The quantitative estimate of drug-likeness (QED) is 0.604. The number of fused-ring (bicyclic) bond motifs is 1. The first-order valence-electron chi connectivity index (χ1n) is 7.13. The Balaban J connectivity index is 0.000000368. The van der Waals surface area contributed by atoms with Crippen molar-refractivity contribution in [1.29, 1.82) is 0 Å². The summed E-state index contributed by atoms with van der Waals surface area (Å²) < 4.78 is 1.01. The van der Waals surface area contributed by atoms with Gasteiger partial charge >= 0.3 is 0 Å². The van der Waals surface area contributed by atoms with Gasteiger partial charge in [0.15, 0.2) is 0 Å². The predicted octanol–water partition coefficient (Wildman–Crippen LogP) is 3.50. The lowest BCUT2D eigenvalue weighted by Gasteiger charge is -2.07. The molecular formula is C16H18BrN5OS. The zero-order valence-electron chi connectivity index (χ0n) is 13.6. The van der Waals surface area contributed by atoms with Crippen LogP contribution in [0, 0.1) is 0 Å². The number of nitrogen functional groups attached to an aromatic ring is 1. The van der Waals surface area contributed by atoms with Crippen molar-refractivity contribution < 1.29 is 4.79 Å². The number of halogens is 1. The Morgan fingerprint density at radius 2 is 2.00 bits per heavy atom. The van der Waals surface area contributed by atoms with Gasteiger partial charge in [-0.1, -0.05) is 28.1 Å². The largest absolute Gasteiger partial charge is 0.397 e. The van der Waals surface area contributed by atoms with Gasteiger partial charge in [-0.15, -0.1) is 11.3 Å². The lowest BCUT2D eigenvalue weighted by atomic mass is 10.1. The molecule has 1 aromatic carbocycles. The molecule has 0 aliphatic carbocycles. The third kappa shape index (κ3) is 4.21. The molecule has 0 saturated heterocycles. The Labute approximate surface area is 152 Å². The van der Waals surface area contributed by atoms with Crippen LogP contribution >= 0.6 is 27.3 Å². The van der Waals surface area contributed by atoms with Gasteiger partial charge in [-0.3, -0.25) is 4.79 Å².